The van der Waals surface area contributed by atoms with E-state index in [-0.39, 0.29) is 0 Å². The molecule has 0 unspecified atom stereocenters. The van der Waals surface area contributed by atoms with Crippen LogP contribution in [0.2, 0.25) is 0 Å². The zero-order valence-electron chi connectivity index (χ0n) is 13.8. The minimum atomic E-state index is 0.313. The molecule has 3 heterocycles. The average molecular weight is 389 g/mol. The van der Waals surface area contributed by atoms with Gasteiger partial charge in [-0.25, -0.2) is 4.98 Å². The van der Waals surface area contributed by atoms with Crippen molar-refractivity contribution in [3.05, 3.63) is 22.5 Å². The van der Waals surface area contributed by atoms with Crippen molar-refractivity contribution in [3.63, 3.8) is 0 Å². The zero-order chi connectivity index (χ0) is 16.7. The van der Waals surface area contributed by atoms with Crippen LogP contribution in [-0.2, 0) is 0 Å². The summed E-state index contributed by atoms with van der Waals surface area (Å²) in [5, 5.41) is 13.5. The molecule has 24 heavy (non-hydrogen) atoms. The van der Waals surface area contributed by atoms with E-state index in [0.717, 1.165) is 15.7 Å². The van der Waals surface area contributed by atoms with Crippen LogP contribution in [0.15, 0.2) is 21.2 Å². The van der Waals surface area contributed by atoms with Crippen molar-refractivity contribution in [1.82, 2.24) is 9.88 Å². The first-order valence-corrected chi connectivity index (χ1v) is 9.36. The number of anilines is 1. The van der Waals surface area contributed by atoms with Crippen LogP contribution in [0.3, 0.4) is 0 Å². The van der Waals surface area contributed by atoms with Crippen LogP contribution in [0, 0.1) is 11.3 Å². The Hall–Kier alpha value is -1.58. The number of furan rings is 1. The van der Waals surface area contributed by atoms with E-state index in [9.17, 15) is 0 Å². The summed E-state index contributed by atoms with van der Waals surface area (Å²) < 4.78 is 6.31. The number of aromatic nitrogens is 1. The second-order valence-electron chi connectivity index (χ2n) is 7.09. The molecule has 0 aromatic carbocycles. The Kier molecular flexibility index (Phi) is 4.01. The molecule has 0 radical (unpaired) electrons. The SMILES string of the molecule is CN1CCCC12CCC(Nc1ncc3oc(C#N)cc3c1Br)CC2. The maximum atomic E-state index is 8.98. The zero-order valence-corrected chi connectivity index (χ0v) is 15.4. The van der Waals surface area contributed by atoms with Gasteiger partial charge >= 0.3 is 0 Å². The first kappa shape index (κ1) is 15.9. The lowest BCUT2D eigenvalue weighted by Crippen LogP contribution is -2.46. The summed E-state index contributed by atoms with van der Waals surface area (Å²) in [4.78, 5) is 7.05. The summed E-state index contributed by atoms with van der Waals surface area (Å²) in [5.41, 5.74) is 1.08. The Morgan fingerprint density at radius 2 is 2.21 bits per heavy atom. The van der Waals surface area contributed by atoms with Gasteiger partial charge in [-0.05, 0) is 68.0 Å². The number of nitriles is 1. The molecule has 2 fully saturated rings. The fourth-order valence-corrected chi connectivity index (χ4v) is 4.86. The number of hydrogen-bond acceptors (Lipinski definition) is 5. The molecule has 4 rings (SSSR count). The van der Waals surface area contributed by atoms with Crippen LogP contribution in [0.4, 0.5) is 5.82 Å². The Morgan fingerprint density at radius 1 is 1.42 bits per heavy atom. The molecular weight excluding hydrogens is 368 g/mol. The lowest BCUT2D eigenvalue weighted by Gasteiger charge is -2.42. The molecule has 1 aliphatic heterocycles. The second kappa shape index (κ2) is 6.05. The third kappa shape index (κ3) is 2.60. The molecular formula is C18H21BrN4O. The van der Waals surface area contributed by atoms with E-state index >= 15 is 0 Å². The summed E-state index contributed by atoms with van der Waals surface area (Å²) in [7, 11) is 2.28. The van der Waals surface area contributed by atoms with E-state index in [1.54, 1.807) is 12.3 Å². The van der Waals surface area contributed by atoms with Gasteiger partial charge in [-0.15, -0.1) is 0 Å². The van der Waals surface area contributed by atoms with Crippen LogP contribution < -0.4 is 5.32 Å². The monoisotopic (exact) mass is 388 g/mol. The molecule has 1 spiro atoms. The van der Waals surface area contributed by atoms with Crippen molar-refractivity contribution in [2.24, 2.45) is 0 Å². The summed E-state index contributed by atoms with van der Waals surface area (Å²) in [6.45, 7) is 1.24. The van der Waals surface area contributed by atoms with Gasteiger partial charge in [0.2, 0.25) is 5.76 Å². The highest BCUT2D eigenvalue weighted by atomic mass is 79.9. The van der Waals surface area contributed by atoms with Crippen LogP contribution >= 0.6 is 15.9 Å². The first-order chi connectivity index (χ1) is 11.6. The largest absolute Gasteiger partial charge is 0.444 e. The smallest absolute Gasteiger partial charge is 0.204 e. The van der Waals surface area contributed by atoms with Gasteiger partial charge in [-0.2, -0.15) is 5.26 Å². The Morgan fingerprint density at radius 3 is 2.88 bits per heavy atom. The van der Waals surface area contributed by atoms with Gasteiger partial charge in [0, 0.05) is 23.0 Å². The number of halogens is 1. The molecule has 1 saturated heterocycles. The van der Waals surface area contributed by atoms with Gasteiger partial charge in [-0.1, -0.05) is 0 Å². The van der Waals surface area contributed by atoms with Crippen molar-refractivity contribution < 1.29 is 4.42 Å². The molecule has 1 aliphatic carbocycles. The van der Waals surface area contributed by atoms with E-state index in [4.69, 9.17) is 9.68 Å². The van der Waals surface area contributed by atoms with Gasteiger partial charge in [0.05, 0.1) is 10.7 Å². The highest BCUT2D eigenvalue weighted by Crippen LogP contribution is 2.41. The highest BCUT2D eigenvalue weighted by molar-refractivity contribution is 9.10. The number of hydrogen-bond donors (Lipinski definition) is 1. The fraction of sp³-hybridized carbons (Fsp3) is 0.556. The van der Waals surface area contributed by atoms with Crippen LogP contribution in [0.5, 0.6) is 0 Å². The number of nitrogens with one attached hydrogen (secondary N) is 1. The van der Waals surface area contributed by atoms with Crippen molar-refractivity contribution in [1.29, 1.82) is 5.26 Å². The van der Waals surface area contributed by atoms with Gasteiger partial charge in [-0.3, -0.25) is 0 Å². The van der Waals surface area contributed by atoms with E-state index in [0.29, 0.717) is 22.9 Å². The number of likely N-dealkylation sites (tertiary alicyclic amines) is 1. The summed E-state index contributed by atoms with van der Waals surface area (Å²) in [6.07, 6.45) is 9.22. The topological polar surface area (TPSA) is 65.1 Å². The normalized spacial score (nSPS) is 27.6. The molecule has 0 atom stereocenters. The number of fused-ring (bicyclic) bond motifs is 1. The lowest BCUT2D eigenvalue weighted by atomic mass is 9.78. The highest BCUT2D eigenvalue weighted by Gasteiger charge is 2.41. The maximum absolute atomic E-state index is 8.98. The lowest BCUT2D eigenvalue weighted by molar-refractivity contribution is 0.115. The van der Waals surface area contributed by atoms with Gasteiger partial charge < -0.3 is 14.6 Å². The standard InChI is InChI=1S/C18H21BrN4O/c1-23-8-2-5-18(23)6-3-12(4-7-18)22-17-16(19)14-9-13(10-20)24-15(14)11-21-17/h9,11-12H,2-8H2,1H3,(H,21,22). The number of nitrogens with zero attached hydrogens (tertiary/aromatic N) is 3. The van der Waals surface area contributed by atoms with E-state index in [2.05, 4.69) is 38.2 Å². The molecule has 0 amide bonds. The molecule has 2 aromatic heterocycles. The predicted octanol–water partition coefficient (Wildman–Crippen LogP) is 4.28. The maximum Gasteiger partial charge on any atom is 0.204 e. The van der Waals surface area contributed by atoms with E-state index in [1.807, 2.05) is 6.07 Å². The molecule has 0 bridgehead atoms. The van der Waals surface area contributed by atoms with Crippen molar-refractivity contribution in [2.75, 3.05) is 18.9 Å². The minimum Gasteiger partial charge on any atom is -0.444 e. The van der Waals surface area contributed by atoms with E-state index < -0.39 is 0 Å². The molecule has 5 nitrogen and oxygen atoms in total. The van der Waals surface area contributed by atoms with Crippen molar-refractivity contribution in [3.8, 4) is 6.07 Å². The van der Waals surface area contributed by atoms with Crippen molar-refractivity contribution >= 4 is 32.7 Å². The third-order valence-corrected chi connectivity index (χ3v) is 6.63. The molecule has 2 aliphatic rings. The molecule has 1 N–H and O–H groups in total. The number of pyridine rings is 1. The first-order valence-electron chi connectivity index (χ1n) is 8.57. The quantitative estimate of drug-likeness (QED) is 0.831. The summed E-state index contributed by atoms with van der Waals surface area (Å²) in [5.74, 6) is 1.15. The Labute approximate surface area is 150 Å². The van der Waals surface area contributed by atoms with E-state index in [1.165, 1.54) is 45.1 Å². The van der Waals surface area contributed by atoms with Crippen LogP contribution in [0.1, 0.15) is 44.3 Å². The van der Waals surface area contributed by atoms with Crippen LogP contribution in [-0.4, -0.2) is 35.1 Å². The molecule has 6 heteroatoms. The number of rotatable bonds is 2. The molecule has 1 saturated carbocycles. The minimum absolute atomic E-state index is 0.313. The van der Waals surface area contributed by atoms with Crippen molar-refractivity contribution in [2.45, 2.75) is 50.1 Å². The van der Waals surface area contributed by atoms with Gasteiger partial charge in [0.25, 0.3) is 0 Å². The summed E-state index contributed by atoms with van der Waals surface area (Å²) >= 11 is 3.62. The Balaban J connectivity index is 1.49. The van der Waals surface area contributed by atoms with Gasteiger partial charge in [0.15, 0.2) is 5.58 Å². The third-order valence-electron chi connectivity index (χ3n) is 5.83. The average Bonchev–Trinajstić information content (AvgIpc) is 3.17. The fourth-order valence-electron chi connectivity index (χ4n) is 4.33. The van der Waals surface area contributed by atoms with Crippen LogP contribution in [0.25, 0.3) is 11.0 Å². The second-order valence-corrected chi connectivity index (χ2v) is 7.88. The Bertz CT molecular complexity index is 801. The molecule has 126 valence electrons. The predicted molar refractivity (Wildman–Crippen MR) is 96.9 cm³/mol. The molecule has 2 aromatic rings. The van der Waals surface area contributed by atoms with Gasteiger partial charge in [0.1, 0.15) is 11.9 Å². The summed E-state index contributed by atoms with van der Waals surface area (Å²) in [6, 6.07) is 4.25.